The Kier molecular flexibility index (Phi) is 5.97. The van der Waals surface area contributed by atoms with Crippen LogP contribution >= 0.6 is 0 Å². The summed E-state index contributed by atoms with van der Waals surface area (Å²) in [7, 11) is -3.74. The second kappa shape index (κ2) is 8.91. The molecule has 1 heterocycles. The number of hydrogen-bond donors (Lipinski definition) is 2. The van der Waals surface area contributed by atoms with Gasteiger partial charge in [-0.3, -0.25) is 9.59 Å². The highest BCUT2D eigenvalue weighted by atomic mass is 32.2. The lowest BCUT2D eigenvalue weighted by atomic mass is 9.90. The summed E-state index contributed by atoms with van der Waals surface area (Å²) in [5, 5.41) is 2.95. The van der Waals surface area contributed by atoms with E-state index in [1.165, 1.54) is 23.6 Å². The Labute approximate surface area is 194 Å². The predicted octanol–water partition coefficient (Wildman–Crippen LogP) is 3.17. The van der Waals surface area contributed by atoms with Crippen LogP contribution in [0.5, 0.6) is 0 Å². The van der Waals surface area contributed by atoms with E-state index in [0.717, 1.165) is 49.0 Å². The predicted molar refractivity (Wildman–Crippen MR) is 127 cm³/mol. The summed E-state index contributed by atoms with van der Waals surface area (Å²) in [4.78, 5) is 26.8. The highest BCUT2D eigenvalue weighted by molar-refractivity contribution is 7.89. The number of carbonyl (C=O) groups is 2. The number of aryl methyl sites for hydroxylation is 1. The first-order valence-corrected chi connectivity index (χ1v) is 13.3. The Morgan fingerprint density at radius 1 is 1.00 bits per heavy atom. The SMILES string of the molecule is O=C(CCNS(=O)(=O)c1ccc2c(c1)CCN2C(=O)C1CC1)Nc1cccc2c1CCCC2. The average molecular weight is 468 g/mol. The Hall–Kier alpha value is -2.71. The number of anilines is 2. The van der Waals surface area contributed by atoms with Crippen molar-refractivity contribution < 1.29 is 18.0 Å². The second-order valence-corrected chi connectivity index (χ2v) is 10.9. The van der Waals surface area contributed by atoms with Crippen molar-refractivity contribution in [3.05, 3.63) is 53.1 Å². The second-order valence-electron chi connectivity index (χ2n) is 9.15. The van der Waals surface area contributed by atoms with Crippen LogP contribution in [-0.2, 0) is 38.9 Å². The van der Waals surface area contributed by atoms with Gasteiger partial charge in [0.05, 0.1) is 4.90 Å². The van der Waals surface area contributed by atoms with Gasteiger partial charge in [0.2, 0.25) is 21.8 Å². The van der Waals surface area contributed by atoms with Crippen molar-refractivity contribution in [3.63, 3.8) is 0 Å². The van der Waals surface area contributed by atoms with Crippen LogP contribution in [0.15, 0.2) is 41.3 Å². The molecule has 1 fully saturated rings. The van der Waals surface area contributed by atoms with Crippen molar-refractivity contribution in [2.45, 2.75) is 56.3 Å². The van der Waals surface area contributed by atoms with Gasteiger partial charge in [0.25, 0.3) is 0 Å². The minimum absolute atomic E-state index is 0.0204. The molecule has 8 heteroatoms. The molecule has 0 saturated heterocycles. The standard InChI is InChI=1S/C25H29N3O4S/c29-24(27-22-7-3-5-17-4-1-2-6-21(17)22)12-14-26-33(31,32)20-10-11-23-19(16-20)13-15-28(23)25(30)18-8-9-18/h3,5,7,10-11,16,18,26H,1-2,4,6,8-9,12-15H2,(H,27,29). The van der Waals surface area contributed by atoms with E-state index in [-0.39, 0.29) is 35.6 Å². The van der Waals surface area contributed by atoms with Crippen molar-refractivity contribution in [3.8, 4) is 0 Å². The van der Waals surface area contributed by atoms with Crippen LogP contribution in [0.3, 0.4) is 0 Å². The lowest BCUT2D eigenvalue weighted by Crippen LogP contribution is -2.30. The Morgan fingerprint density at radius 2 is 1.82 bits per heavy atom. The van der Waals surface area contributed by atoms with Crippen molar-refractivity contribution in [1.82, 2.24) is 4.72 Å². The maximum atomic E-state index is 12.8. The van der Waals surface area contributed by atoms with Gasteiger partial charge in [-0.15, -0.1) is 0 Å². The molecule has 174 valence electrons. The number of nitrogens with zero attached hydrogens (tertiary/aromatic N) is 1. The monoisotopic (exact) mass is 467 g/mol. The molecular formula is C25H29N3O4S. The number of amides is 2. The Bertz CT molecular complexity index is 1200. The highest BCUT2D eigenvalue weighted by Crippen LogP contribution is 2.37. The molecule has 0 radical (unpaired) electrons. The summed E-state index contributed by atoms with van der Waals surface area (Å²) in [5.41, 5.74) is 5.01. The molecule has 0 aromatic heterocycles. The summed E-state index contributed by atoms with van der Waals surface area (Å²) in [6, 6.07) is 10.9. The van der Waals surface area contributed by atoms with Crippen LogP contribution in [0.2, 0.25) is 0 Å². The van der Waals surface area contributed by atoms with E-state index in [9.17, 15) is 18.0 Å². The van der Waals surface area contributed by atoms with Gasteiger partial charge in [0.15, 0.2) is 0 Å². The van der Waals surface area contributed by atoms with Gasteiger partial charge >= 0.3 is 0 Å². The van der Waals surface area contributed by atoms with Crippen molar-refractivity contribution in [1.29, 1.82) is 0 Å². The molecule has 33 heavy (non-hydrogen) atoms. The summed E-state index contributed by atoms with van der Waals surface area (Å²) in [5.74, 6) is 0.0709. The molecule has 2 amide bonds. The van der Waals surface area contributed by atoms with Crippen molar-refractivity contribution >= 4 is 33.2 Å². The largest absolute Gasteiger partial charge is 0.326 e. The van der Waals surface area contributed by atoms with Crippen LogP contribution < -0.4 is 14.9 Å². The normalized spacial score (nSPS) is 17.4. The van der Waals surface area contributed by atoms with Crippen LogP contribution in [0, 0.1) is 5.92 Å². The first-order valence-electron chi connectivity index (χ1n) is 11.8. The van der Waals surface area contributed by atoms with E-state index in [1.54, 1.807) is 17.0 Å². The van der Waals surface area contributed by atoms with Gasteiger partial charge in [-0.2, -0.15) is 0 Å². The summed E-state index contributed by atoms with van der Waals surface area (Å²) < 4.78 is 28.1. The first kappa shape index (κ1) is 22.1. The maximum Gasteiger partial charge on any atom is 0.240 e. The molecule has 2 N–H and O–H groups in total. The summed E-state index contributed by atoms with van der Waals surface area (Å²) in [6.07, 6.45) is 6.88. The Balaban J connectivity index is 1.18. The number of hydrogen-bond acceptors (Lipinski definition) is 4. The number of rotatable bonds is 7. The molecule has 1 saturated carbocycles. The highest BCUT2D eigenvalue weighted by Gasteiger charge is 2.36. The van der Waals surface area contributed by atoms with Gasteiger partial charge in [0, 0.05) is 36.8 Å². The van der Waals surface area contributed by atoms with E-state index < -0.39 is 10.0 Å². The van der Waals surface area contributed by atoms with Gasteiger partial charge in [-0.25, -0.2) is 13.1 Å². The smallest absolute Gasteiger partial charge is 0.240 e. The molecule has 0 unspecified atom stereocenters. The van der Waals surface area contributed by atoms with E-state index >= 15 is 0 Å². The Morgan fingerprint density at radius 3 is 2.64 bits per heavy atom. The van der Waals surface area contributed by atoms with Gasteiger partial charge in [-0.1, -0.05) is 12.1 Å². The average Bonchev–Trinajstić information content (AvgIpc) is 3.57. The number of carbonyl (C=O) groups excluding carboxylic acids is 2. The van der Waals surface area contributed by atoms with Crippen molar-refractivity contribution in [2.24, 2.45) is 5.92 Å². The van der Waals surface area contributed by atoms with Gasteiger partial charge < -0.3 is 10.2 Å². The molecule has 1 aliphatic heterocycles. The van der Waals surface area contributed by atoms with E-state index in [2.05, 4.69) is 16.1 Å². The number of sulfonamides is 1. The zero-order valence-electron chi connectivity index (χ0n) is 18.6. The third-order valence-electron chi connectivity index (χ3n) is 6.76. The zero-order valence-corrected chi connectivity index (χ0v) is 19.4. The minimum atomic E-state index is -3.74. The van der Waals surface area contributed by atoms with E-state index in [1.807, 2.05) is 12.1 Å². The molecule has 2 aromatic rings. The molecule has 0 atom stereocenters. The van der Waals surface area contributed by atoms with E-state index in [4.69, 9.17) is 0 Å². The fourth-order valence-electron chi connectivity index (χ4n) is 4.82. The molecule has 7 nitrogen and oxygen atoms in total. The summed E-state index contributed by atoms with van der Waals surface area (Å²) >= 11 is 0. The number of benzene rings is 2. The van der Waals surface area contributed by atoms with Crippen LogP contribution in [0.4, 0.5) is 11.4 Å². The quantitative estimate of drug-likeness (QED) is 0.654. The minimum Gasteiger partial charge on any atom is -0.326 e. The molecule has 5 rings (SSSR count). The lowest BCUT2D eigenvalue weighted by molar-refractivity contribution is -0.119. The molecule has 0 spiro atoms. The molecule has 3 aliphatic rings. The first-order chi connectivity index (χ1) is 15.9. The van der Waals surface area contributed by atoms with Crippen LogP contribution in [0.1, 0.15) is 48.8 Å². The molecule has 2 aromatic carbocycles. The summed E-state index contributed by atoms with van der Waals surface area (Å²) in [6.45, 7) is 0.623. The lowest BCUT2D eigenvalue weighted by Gasteiger charge is -2.19. The maximum absolute atomic E-state index is 12.8. The third kappa shape index (κ3) is 4.68. The van der Waals surface area contributed by atoms with Gasteiger partial charge in [0.1, 0.15) is 0 Å². The van der Waals surface area contributed by atoms with E-state index in [0.29, 0.717) is 13.0 Å². The van der Waals surface area contributed by atoms with Gasteiger partial charge in [-0.05, 0) is 85.9 Å². The fourth-order valence-corrected chi connectivity index (χ4v) is 5.90. The zero-order chi connectivity index (χ0) is 23.0. The number of fused-ring (bicyclic) bond motifs is 2. The number of nitrogens with one attached hydrogen (secondary N) is 2. The van der Waals surface area contributed by atoms with Crippen LogP contribution in [0.25, 0.3) is 0 Å². The van der Waals surface area contributed by atoms with Crippen molar-refractivity contribution in [2.75, 3.05) is 23.3 Å². The molecule has 0 bridgehead atoms. The fraction of sp³-hybridized carbons (Fsp3) is 0.440. The topological polar surface area (TPSA) is 95.6 Å². The molecular weight excluding hydrogens is 438 g/mol. The third-order valence-corrected chi connectivity index (χ3v) is 8.22. The molecule has 2 aliphatic carbocycles. The van der Waals surface area contributed by atoms with Crippen LogP contribution in [-0.4, -0.2) is 33.3 Å².